The molecule has 0 spiro atoms. The molecular formula is C11H22F2N2. The predicted molar refractivity (Wildman–Crippen MR) is 58.0 cm³/mol. The van der Waals surface area contributed by atoms with E-state index >= 15 is 0 Å². The number of rotatable bonds is 5. The van der Waals surface area contributed by atoms with Crippen molar-refractivity contribution in [3.63, 3.8) is 0 Å². The topological polar surface area (TPSA) is 38.0 Å². The maximum atomic E-state index is 12.2. The van der Waals surface area contributed by atoms with E-state index in [0.717, 1.165) is 25.7 Å². The van der Waals surface area contributed by atoms with Gasteiger partial charge in [-0.3, -0.25) is 0 Å². The predicted octanol–water partition coefficient (Wildman–Crippen LogP) is 2.14. The Balaban J connectivity index is 2.61. The van der Waals surface area contributed by atoms with Crippen molar-refractivity contribution in [2.45, 2.75) is 51.0 Å². The molecule has 0 bridgehead atoms. The summed E-state index contributed by atoms with van der Waals surface area (Å²) in [6.45, 7) is 2.36. The van der Waals surface area contributed by atoms with Crippen LogP contribution in [-0.2, 0) is 0 Å². The quantitative estimate of drug-likeness (QED) is 0.745. The van der Waals surface area contributed by atoms with Gasteiger partial charge in [0.1, 0.15) is 0 Å². The molecule has 0 aromatic heterocycles. The molecule has 2 unspecified atom stereocenters. The fraction of sp³-hybridized carbons (Fsp3) is 1.00. The molecule has 15 heavy (non-hydrogen) atoms. The van der Waals surface area contributed by atoms with E-state index in [9.17, 15) is 8.78 Å². The minimum absolute atomic E-state index is 0.228. The molecule has 1 saturated carbocycles. The van der Waals surface area contributed by atoms with Crippen molar-refractivity contribution in [3.8, 4) is 0 Å². The lowest BCUT2D eigenvalue weighted by molar-refractivity contribution is 0.0911. The van der Waals surface area contributed by atoms with Crippen LogP contribution in [0.25, 0.3) is 0 Å². The average Bonchev–Trinajstić information content (AvgIpc) is 2.26. The maximum absolute atomic E-state index is 12.2. The molecule has 1 aliphatic carbocycles. The molecule has 0 heterocycles. The Bertz CT molecular complexity index is 187. The summed E-state index contributed by atoms with van der Waals surface area (Å²) in [6.07, 6.45) is 3.10. The van der Waals surface area contributed by atoms with Crippen LogP contribution in [0.5, 0.6) is 0 Å². The molecule has 3 N–H and O–H groups in total. The highest BCUT2D eigenvalue weighted by Gasteiger charge is 2.38. The second kappa shape index (κ2) is 5.75. The van der Waals surface area contributed by atoms with Gasteiger partial charge in [-0.15, -0.1) is 0 Å². The van der Waals surface area contributed by atoms with E-state index in [1.54, 1.807) is 0 Å². The summed E-state index contributed by atoms with van der Waals surface area (Å²) >= 11 is 0. The molecule has 2 atom stereocenters. The molecule has 0 amide bonds. The molecule has 2 nitrogen and oxygen atoms in total. The second-order valence-electron chi connectivity index (χ2n) is 4.48. The Morgan fingerprint density at radius 3 is 2.73 bits per heavy atom. The molecule has 0 aliphatic heterocycles. The minimum atomic E-state index is -2.28. The van der Waals surface area contributed by atoms with Gasteiger partial charge in [0.25, 0.3) is 6.43 Å². The van der Waals surface area contributed by atoms with Crippen LogP contribution in [0.2, 0.25) is 0 Å². The number of nitrogens with two attached hydrogens (primary N) is 1. The lowest BCUT2D eigenvalue weighted by atomic mass is 9.71. The number of nitrogens with one attached hydrogen (secondary N) is 1. The van der Waals surface area contributed by atoms with Crippen molar-refractivity contribution in [1.29, 1.82) is 0 Å². The summed E-state index contributed by atoms with van der Waals surface area (Å²) in [6, 6.07) is 0. The van der Waals surface area contributed by atoms with E-state index < -0.39 is 6.43 Å². The standard InChI is InChI=1S/C11H22F2N2/c1-2-9-5-3-4-6-11(9,8-14)15-7-10(12)13/h9-10,15H,2-8,14H2,1H3. The Kier molecular flexibility index (Phi) is 4.93. The van der Waals surface area contributed by atoms with Crippen LogP contribution in [0.1, 0.15) is 39.0 Å². The third-order valence-corrected chi connectivity index (χ3v) is 3.67. The van der Waals surface area contributed by atoms with E-state index in [-0.39, 0.29) is 12.1 Å². The van der Waals surface area contributed by atoms with Gasteiger partial charge in [-0.05, 0) is 18.8 Å². The molecule has 0 radical (unpaired) electrons. The van der Waals surface area contributed by atoms with Gasteiger partial charge in [0, 0.05) is 12.1 Å². The van der Waals surface area contributed by atoms with Crippen molar-refractivity contribution in [2.24, 2.45) is 11.7 Å². The van der Waals surface area contributed by atoms with Gasteiger partial charge in [-0.25, -0.2) is 8.78 Å². The molecule has 0 aromatic rings. The van der Waals surface area contributed by atoms with Crippen LogP contribution >= 0.6 is 0 Å². The Hall–Kier alpha value is -0.220. The SMILES string of the molecule is CCC1CCCCC1(CN)NCC(F)F. The molecule has 1 rings (SSSR count). The molecule has 1 aliphatic rings. The smallest absolute Gasteiger partial charge is 0.250 e. The monoisotopic (exact) mass is 220 g/mol. The number of hydrogen-bond acceptors (Lipinski definition) is 2. The third kappa shape index (κ3) is 3.11. The third-order valence-electron chi connectivity index (χ3n) is 3.67. The van der Waals surface area contributed by atoms with Crippen LogP contribution < -0.4 is 11.1 Å². The normalized spacial score (nSPS) is 32.2. The Morgan fingerprint density at radius 2 is 2.20 bits per heavy atom. The van der Waals surface area contributed by atoms with Crippen molar-refractivity contribution < 1.29 is 8.78 Å². The summed E-state index contributed by atoms with van der Waals surface area (Å²) in [5.74, 6) is 0.454. The molecule has 0 saturated heterocycles. The van der Waals surface area contributed by atoms with Gasteiger partial charge in [-0.2, -0.15) is 0 Å². The minimum Gasteiger partial charge on any atom is -0.329 e. The molecule has 4 heteroatoms. The van der Waals surface area contributed by atoms with Crippen LogP contribution in [-0.4, -0.2) is 25.1 Å². The summed E-state index contributed by atoms with van der Waals surface area (Å²) in [4.78, 5) is 0. The molecule has 90 valence electrons. The van der Waals surface area contributed by atoms with Crippen molar-refractivity contribution in [3.05, 3.63) is 0 Å². The van der Waals surface area contributed by atoms with E-state index in [1.165, 1.54) is 6.42 Å². The van der Waals surface area contributed by atoms with E-state index in [2.05, 4.69) is 12.2 Å². The molecule has 0 aromatic carbocycles. The first kappa shape index (κ1) is 12.8. The fourth-order valence-corrected chi connectivity index (χ4v) is 2.76. The first-order valence-corrected chi connectivity index (χ1v) is 5.88. The highest BCUT2D eigenvalue weighted by atomic mass is 19.3. The molecular weight excluding hydrogens is 198 g/mol. The lowest BCUT2D eigenvalue weighted by Crippen LogP contribution is -2.58. The van der Waals surface area contributed by atoms with Gasteiger partial charge in [-0.1, -0.05) is 26.2 Å². The van der Waals surface area contributed by atoms with Crippen molar-refractivity contribution in [1.82, 2.24) is 5.32 Å². The van der Waals surface area contributed by atoms with Crippen LogP contribution in [0, 0.1) is 5.92 Å². The number of halogens is 2. The summed E-state index contributed by atoms with van der Waals surface area (Å²) in [7, 11) is 0. The summed E-state index contributed by atoms with van der Waals surface area (Å²) < 4.78 is 24.4. The number of hydrogen-bond donors (Lipinski definition) is 2. The first-order chi connectivity index (χ1) is 7.14. The molecule has 1 fully saturated rings. The van der Waals surface area contributed by atoms with Crippen molar-refractivity contribution >= 4 is 0 Å². The number of alkyl halides is 2. The van der Waals surface area contributed by atoms with Gasteiger partial charge in [0.15, 0.2) is 0 Å². The maximum Gasteiger partial charge on any atom is 0.250 e. The summed E-state index contributed by atoms with van der Waals surface area (Å²) in [5.41, 5.74) is 5.55. The van der Waals surface area contributed by atoms with Gasteiger partial charge in [0.2, 0.25) is 0 Å². The zero-order chi connectivity index (χ0) is 11.3. The van der Waals surface area contributed by atoms with E-state index in [1.807, 2.05) is 0 Å². The van der Waals surface area contributed by atoms with Crippen molar-refractivity contribution in [2.75, 3.05) is 13.1 Å². The van der Waals surface area contributed by atoms with E-state index in [0.29, 0.717) is 12.5 Å². The highest BCUT2D eigenvalue weighted by molar-refractivity contribution is 4.97. The fourth-order valence-electron chi connectivity index (χ4n) is 2.76. The van der Waals surface area contributed by atoms with Gasteiger partial charge in [0.05, 0.1) is 6.54 Å². The largest absolute Gasteiger partial charge is 0.329 e. The lowest BCUT2D eigenvalue weighted by Gasteiger charge is -2.44. The highest BCUT2D eigenvalue weighted by Crippen LogP contribution is 2.35. The van der Waals surface area contributed by atoms with Gasteiger partial charge >= 0.3 is 0 Å². The second-order valence-corrected chi connectivity index (χ2v) is 4.48. The van der Waals surface area contributed by atoms with E-state index in [4.69, 9.17) is 5.73 Å². The van der Waals surface area contributed by atoms with Crippen LogP contribution in [0.3, 0.4) is 0 Å². The first-order valence-electron chi connectivity index (χ1n) is 5.88. The average molecular weight is 220 g/mol. The zero-order valence-corrected chi connectivity index (χ0v) is 9.44. The summed E-state index contributed by atoms with van der Waals surface area (Å²) in [5, 5.41) is 3.01. The van der Waals surface area contributed by atoms with Crippen LogP contribution in [0.15, 0.2) is 0 Å². The Labute approximate surface area is 90.6 Å². The zero-order valence-electron chi connectivity index (χ0n) is 9.44. The Morgan fingerprint density at radius 1 is 1.47 bits per heavy atom. The van der Waals surface area contributed by atoms with Crippen LogP contribution in [0.4, 0.5) is 8.78 Å². The van der Waals surface area contributed by atoms with Gasteiger partial charge < -0.3 is 11.1 Å².